The zero-order valence-electron chi connectivity index (χ0n) is 8.66. The van der Waals surface area contributed by atoms with E-state index < -0.39 is 0 Å². The molecule has 2 N–H and O–H groups in total. The number of hydrogen-bond acceptors (Lipinski definition) is 3. The van der Waals surface area contributed by atoms with E-state index in [0.29, 0.717) is 11.3 Å². The summed E-state index contributed by atoms with van der Waals surface area (Å²) in [7, 11) is 0. The lowest BCUT2D eigenvalue weighted by Gasteiger charge is -2.03. The van der Waals surface area contributed by atoms with E-state index in [2.05, 4.69) is 15.9 Å². The number of benzene rings is 1. The summed E-state index contributed by atoms with van der Waals surface area (Å²) in [5.41, 5.74) is 8.03. The monoisotopic (exact) mass is 295 g/mol. The topological polar surface area (TPSA) is 43.1 Å². The Morgan fingerprint density at radius 1 is 1.38 bits per heavy atom. The van der Waals surface area contributed by atoms with E-state index in [1.165, 1.54) is 11.3 Å². The Balaban J connectivity index is 2.42. The Kier molecular flexibility index (Phi) is 3.12. The molecule has 1 aromatic heterocycles. The van der Waals surface area contributed by atoms with E-state index in [-0.39, 0.29) is 5.78 Å². The summed E-state index contributed by atoms with van der Waals surface area (Å²) in [5.74, 6) is 0.0324. The molecule has 16 heavy (non-hydrogen) atoms. The van der Waals surface area contributed by atoms with E-state index >= 15 is 0 Å². The smallest absolute Gasteiger partial charge is 0.204 e. The van der Waals surface area contributed by atoms with Gasteiger partial charge in [0.2, 0.25) is 5.78 Å². The molecule has 0 atom stereocenters. The van der Waals surface area contributed by atoms with Crippen molar-refractivity contribution in [2.75, 3.05) is 5.73 Å². The van der Waals surface area contributed by atoms with Crippen molar-refractivity contribution in [2.24, 2.45) is 0 Å². The molecule has 0 aliphatic carbocycles. The number of aryl methyl sites for hydroxylation is 1. The number of carbonyl (C=O) groups is 1. The maximum atomic E-state index is 12.1. The van der Waals surface area contributed by atoms with Crippen LogP contribution < -0.4 is 5.73 Å². The number of ketones is 1. The number of hydrogen-bond donors (Lipinski definition) is 1. The Hall–Kier alpha value is -1.13. The first-order valence-electron chi connectivity index (χ1n) is 4.73. The molecule has 0 saturated heterocycles. The fourth-order valence-corrected chi connectivity index (χ4v) is 2.92. The van der Waals surface area contributed by atoms with Crippen LogP contribution in [0.3, 0.4) is 0 Å². The molecule has 0 amide bonds. The fraction of sp³-hybridized carbons (Fsp3) is 0.0833. The molecule has 2 rings (SSSR count). The third kappa shape index (κ3) is 2.03. The van der Waals surface area contributed by atoms with Crippen molar-refractivity contribution in [3.05, 3.63) is 50.1 Å². The van der Waals surface area contributed by atoms with Gasteiger partial charge in [0.05, 0.1) is 4.88 Å². The fourth-order valence-electron chi connectivity index (χ4n) is 1.40. The van der Waals surface area contributed by atoms with Crippen LogP contribution in [-0.4, -0.2) is 5.78 Å². The van der Waals surface area contributed by atoms with Gasteiger partial charge in [-0.15, -0.1) is 11.3 Å². The summed E-state index contributed by atoms with van der Waals surface area (Å²) in [4.78, 5) is 12.9. The van der Waals surface area contributed by atoms with E-state index in [0.717, 1.165) is 14.9 Å². The van der Waals surface area contributed by atoms with Crippen LogP contribution >= 0.6 is 27.3 Å². The summed E-state index contributed by atoms with van der Waals surface area (Å²) in [5, 5.41) is 1.89. The first-order chi connectivity index (χ1) is 7.59. The molecular formula is C12H10BrNOS. The zero-order chi connectivity index (χ0) is 11.7. The van der Waals surface area contributed by atoms with Gasteiger partial charge in [-0.1, -0.05) is 0 Å². The molecule has 0 aliphatic rings. The molecule has 0 radical (unpaired) electrons. The van der Waals surface area contributed by atoms with E-state index in [1.807, 2.05) is 24.4 Å². The van der Waals surface area contributed by atoms with E-state index in [9.17, 15) is 4.79 Å². The predicted molar refractivity (Wildman–Crippen MR) is 71.0 cm³/mol. The highest BCUT2D eigenvalue weighted by atomic mass is 79.9. The van der Waals surface area contributed by atoms with Crippen molar-refractivity contribution in [2.45, 2.75) is 6.92 Å². The molecule has 82 valence electrons. The van der Waals surface area contributed by atoms with Gasteiger partial charge >= 0.3 is 0 Å². The Morgan fingerprint density at radius 2 is 2.12 bits per heavy atom. The minimum absolute atomic E-state index is 0.0324. The summed E-state index contributed by atoms with van der Waals surface area (Å²) in [6.45, 7) is 1.90. The second-order valence-electron chi connectivity index (χ2n) is 3.50. The van der Waals surface area contributed by atoms with Gasteiger partial charge in [-0.25, -0.2) is 0 Å². The third-order valence-corrected chi connectivity index (χ3v) is 4.19. The molecule has 1 aromatic carbocycles. The number of carbonyl (C=O) groups excluding carboxylic acids is 1. The predicted octanol–water partition coefficient (Wildman–Crippen LogP) is 3.63. The van der Waals surface area contributed by atoms with Gasteiger partial charge in [0, 0.05) is 15.7 Å². The molecule has 2 nitrogen and oxygen atoms in total. The second kappa shape index (κ2) is 4.39. The van der Waals surface area contributed by atoms with Gasteiger partial charge in [0.15, 0.2) is 0 Å². The minimum Gasteiger partial charge on any atom is -0.399 e. The van der Waals surface area contributed by atoms with Crippen LogP contribution in [-0.2, 0) is 0 Å². The highest BCUT2D eigenvalue weighted by Crippen LogP contribution is 2.26. The molecule has 1 heterocycles. The quantitative estimate of drug-likeness (QED) is 0.679. The molecule has 4 heteroatoms. The van der Waals surface area contributed by atoms with E-state index in [4.69, 9.17) is 5.73 Å². The molecule has 0 aliphatic heterocycles. The first kappa shape index (κ1) is 11.4. The van der Waals surface area contributed by atoms with Crippen molar-refractivity contribution in [1.29, 1.82) is 0 Å². The third-order valence-electron chi connectivity index (χ3n) is 2.36. The highest BCUT2D eigenvalue weighted by Gasteiger charge is 2.14. The summed E-state index contributed by atoms with van der Waals surface area (Å²) < 4.78 is 0.844. The number of rotatable bonds is 2. The van der Waals surface area contributed by atoms with Crippen molar-refractivity contribution in [1.82, 2.24) is 0 Å². The molecule has 0 saturated carbocycles. The summed E-state index contributed by atoms with van der Waals surface area (Å²) >= 11 is 4.80. The van der Waals surface area contributed by atoms with Gasteiger partial charge in [0.25, 0.3) is 0 Å². The molecule has 0 fully saturated rings. The highest BCUT2D eigenvalue weighted by molar-refractivity contribution is 9.10. The summed E-state index contributed by atoms with van der Waals surface area (Å²) in [6, 6.07) is 7.23. The lowest BCUT2D eigenvalue weighted by molar-refractivity contribution is 0.104. The van der Waals surface area contributed by atoms with Gasteiger partial charge < -0.3 is 5.73 Å². The Morgan fingerprint density at radius 3 is 2.69 bits per heavy atom. The van der Waals surface area contributed by atoms with Gasteiger partial charge in [0.1, 0.15) is 0 Å². The largest absolute Gasteiger partial charge is 0.399 e. The van der Waals surface area contributed by atoms with Crippen LogP contribution in [0.2, 0.25) is 0 Å². The SMILES string of the molecule is Cc1cc(C(=O)c2sccc2Br)ccc1N. The van der Waals surface area contributed by atoms with Crippen molar-refractivity contribution < 1.29 is 4.79 Å². The van der Waals surface area contributed by atoms with Gasteiger partial charge in [-0.3, -0.25) is 4.79 Å². The molecular weight excluding hydrogens is 286 g/mol. The second-order valence-corrected chi connectivity index (χ2v) is 5.27. The minimum atomic E-state index is 0.0324. The number of nitrogens with two attached hydrogens (primary N) is 1. The standard InChI is InChI=1S/C12H10BrNOS/c1-7-6-8(2-3-10(7)14)11(15)12-9(13)4-5-16-12/h2-6H,14H2,1H3. The zero-order valence-corrected chi connectivity index (χ0v) is 11.1. The van der Waals surface area contributed by atoms with Crippen molar-refractivity contribution in [3.63, 3.8) is 0 Å². The average Bonchev–Trinajstić information content (AvgIpc) is 2.67. The van der Waals surface area contributed by atoms with Gasteiger partial charge in [-0.2, -0.15) is 0 Å². The maximum Gasteiger partial charge on any atom is 0.204 e. The van der Waals surface area contributed by atoms with Crippen LogP contribution in [0, 0.1) is 6.92 Å². The number of nitrogen functional groups attached to an aromatic ring is 1. The lowest BCUT2D eigenvalue weighted by Crippen LogP contribution is -2.01. The van der Waals surface area contributed by atoms with E-state index in [1.54, 1.807) is 12.1 Å². The van der Waals surface area contributed by atoms with Crippen molar-refractivity contribution in [3.8, 4) is 0 Å². The van der Waals surface area contributed by atoms with Crippen molar-refractivity contribution >= 4 is 38.7 Å². The lowest BCUT2D eigenvalue weighted by atomic mass is 10.1. The Bertz CT molecular complexity index is 548. The molecule has 0 unspecified atom stereocenters. The first-order valence-corrected chi connectivity index (χ1v) is 6.40. The number of thiophene rings is 1. The molecule has 2 aromatic rings. The number of halogens is 1. The van der Waals surface area contributed by atoms with Crippen LogP contribution in [0.1, 0.15) is 20.8 Å². The van der Waals surface area contributed by atoms with Gasteiger partial charge in [-0.05, 0) is 58.1 Å². The number of anilines is 1. The van der Waals surface area contributed by atoms with Crippen LogP contribution in [0.4, 0.5) is 5.69 Å². The maximum absolute atomic E-state index is 12.1. The normalized spacial score (nSPS) is 10.4. The van der Waals surface area contributed by atoms with Crippen LogP contribution in [0.25, 0.3) is 0 Å². The Labute approximate surface area is 106 Å². The molecule has 0 bridgehead atoms. The van der Waals surface area contributed by atoms with Crippen LogP contribution in [0.5, 0.6) is 0 Å². The molecule has 0 spiro atoms. The average molecular weight is 296 g/mol. The van der Waals surface area contributed by atoms with Crippen LogP contribution in [0.15, 0.2) is 34.1 Å². The summed E-state index contributed by atoms with van der Waals surface area (Å²) in [6.07, 6.45) is 0.